The third kappa shape index (κ3) is 2.91. The number of halogens is 3. The molecular weight excluding hydrogens is 381 g/mol. The van der Waals surface area contributed by atoms with Crippen molar-refractivity contribution in [1.29, 1.82) is 5.26 Å². The van der Waals surface area contributed by atoms with E-state index in [1.807, 2.05) is 6.07 Å². The number of aromatic nitrogens is 2. The van der Waals surface area contributed by atoms with Crippen LogP contribution < -0.4 is 5.56 Å². The third-order valence-corrected chi connectivity index (χ3v) is 4.35. The van der Waals surface area contributed by atoms with Crippen LogP contribution >= 0.6 is 31.9 Å². The Morgan fingerprint density at radius 3 is 2.84 bits per heavy atom. The first kappa shape index (κ1) is 13.9. The Kier molecular flexibility index (Phi) is 4.12. The molecule has 0 radical (unpaired) electrons. The molecule has 1 heterocycles. The maximum absolute atomic E-state index is 13.2. The molecule has 0 fully saturated rings. The highest BCUT2D eigenvalue weighted by Crippen LogP contribution is 2.17. The summed E-state index contributed by atoms with van der Waals surface area (Å²) in [6, 6.07) is 5.77. The van der Waals surface area contributed by atoms with E-state index in [0.29, 0.717) is 20.1 Å². The molecule has 1 aromatic heterocycles. The first-order chi connectivity index (χ1) is 9.02. The molecule has 0 aliphatic rings. The topological polar surface area (TPSA) is 58.7 Å². The molecular formula is C12H6Br2FN3O. The van der Waals surface area contributed by atoms with Gasteiger partial charge in [0.15, 0.2) is 0 Å². The normalized spacial score (nSPS) is 10.2. The largest absolute Gasteiger partial charge is 0.282 e. The number of rotatable bonds is 2. The summed E-state index contributed by atoms with van der Waals surface area (Å²) < 4.78 is 15.2. The minimum Gasteiger partial charge on any atom is -0.266 e. The smallest absolute Gasteiger partial charge is 0.266 e. The van der Waals surface area contributed by atoms with E-state index < -0.39 is 5.82 Å². The summed E-state index contributed by atoms with van der Waals surface area (Å²) in [6.45, 7) is 0.0331. The SMILES string of the molecule is N#Cc1ccc(F)cc1Cn1ncc(Br)c(Br)c1=O. The van der Waals surface area contributed by atoms with Crippen LogP contribution in [-0.2, 0) is 6.54 Å². The summed E-state index contributed by atoms with van der Waals surface area (Å²) >= 11 is 6.30. The second-order valence-corrected chi connectivity index (χ2v) is 5.33. The molecule has 0 saturated heterocycles. The second kappa shape index (κ2) is 5.63. The van der Waals surface area contributed by atoms with Gasteiger partial charge in [-0.25, -0.2) is 9.07 Å². The Labute approximate surface area is 124 Å². The van der Waals surface area contributed by atoms with Gasteiger partial charge in [-0.15, -0.1) is 0 Å². The molecule has 0 aliphatic carbocycles. The van der Waals surface area contributed by atoms with Crippen molar-refractivity contribution >= 4 is 31.9 Å². The number of hydrogen-bond donors (Lipinski definition) is 0. The van der Waals surface area contributed by atoms with Gasteiger partial charge in [0.05, 0.1) is 28.8 Å². The number of hydrogen-bond acceptors (Lipinski definition) is 3. The van der Waals surface area contributed by atoms with E-state index in [4.69, 9.17) is 5.26 Å². The monoisotopic (exact) mass is 385 g/mol. The van der Waals surface area contributed by atoms with Gasteiger partial charge in [-0.05, 0) is 55.6 Å². The molecule has 2 rings (SSSR count). The minimum absolute atomic E-state index is 0.0331. The summed E-state index contributed by atoms with van der Waals surface area (Å²) in [5.74, 6) is -0.460. The van der Waals surface area contributed by atoms with Gasteiger partial charge < -0.3 is 0 Å². The molecule has 0 atom stereocenters. The molecule has 0 N–H and O–H groups in total. The number of benzene rings is 1. The molecule has 0 spiro atoms. The Morgan fingerprint density at radius 1 is 1.42 bits per heavy atom. The van der Waals surface area contributed by atoms with Crippen molar-refractivity contribution in [1.82, 2.24) is 9.78 Å². The van der Waals surface area contributed by atoms with Gasteiger partial charge >= 0.3 is 0 Å². The van der Waals surface area contributed by atoms with Crippen molar-refractivity contribution in [3.63, 3.8) is 0 Å². The summed E-state index contributed by atoms with van der Waals surface area (Å²) in [4.78, 5) is 11.9. The molecule has 0 unspecified atom stereocenters. The molecule has 2 aromatic rings. The summed E-state index contributed by atoms with van der Waals surface area (Å²) in [6.07, 6.45) is 1.46. The lowest BCUT2D eigenvalue weighted by Gasteiger charge is -2.07. The molecule has 4 nitrogen and oxygen atoms in total. The van der Waals surface area contributed by atoms with Crippen LogP contribution in [0.25, 0.3) is 0 Å². The summed E-state index contributed by atoms with van der Waals surface area (Å²) in [7, 11) is 0. The lowest BCUT2D eigenvalue weighted by atomic mass is 10.1. The first-order valence-electron chi connectivity index (χ1n) is 5.12. The van der Waals surface area contributed by atoms with E-state index in [2.05, 4.69) is 37.0 Å². The highest BCUT2D eigenvalue weighted by atomic mass is 79.9. The molecule has 19 heavy (non-hydrogen) atoms. The van der Waals surface area contributed by atoms with Crippen LogP contribution in [0.5, 0.6) is 0 Å². The van der Waals surface area contributed by atoms with Gasteiger partial charge in [-0.3, -0.25) is 4.79 Å². The van der Waals surface area contributed by atoms with Crippen molar-refractivity contribution in [2.75, 3.05) is 0 Å². The van der Waals surface area contributed by atoms with Crippen LogP contribution in [0.2, 0.25) is 0 Å². The van der Waals surface area contributed by atoms with Gasteiger partial charge in [-0.2, -0.15) is 10.4 Å². The van der Waals surface area contributed by atoms with Crippen LogP contribution in [-0.4, -0.2) is 9.78 Å². The van der Waals surface area contributed by atoms with Crippen molar-refractivity contribution in [3.05, 3.63) is 60.6 Å². The van der Waals surface area contributed by atoms with E-state index in [-0.39, 0.29) is 12.1 Å². The summed E-state index contributed by atoms with van der Waals surface area (Å²) in [5, 5.41) is 12.9. The molecule has 7 heteroatoms. The van der Waals surface area contributed by atoms with Crippen LogP contribution in [0, 0.1) is 17.1 Å². The quantitative estimate of drug-likeness (QED) is 0.797. The van der Waals surface area contributed by atoms with Crippen LogP contribution in [0.15, 0.2) is 38.1 Å². The van der Waals surface area contributed by atoms with E-state index in [1.165, 1.54) is 24.4 Å². The minimum atomic E-state index is -0.460. The maximum Gasteiger partial charge on any atom is 0.282 e. The first-order valence-corrected chi connectivity index (χ1v) is 6.71. The fourth-order valence-corrected chi connectivity index (χ4v) is 2.09. The maximum atomic E-state index is 13.2. The Hall–Kier alpha value is -1.52. The fraction of sp³-hybridized carbons (Fsp3) is 0.0833. The van der Waals surface area contributed by atoms with Crippen molar-refractivity contribution in [3.8, 4) is 6.07 Å². The second-order valence-electron chi connectivity index (χ2n) is 3.68. The average Bonchev–Trinajstić information content (AvgIpc) is 2.40. The van der Waals surface area contributed by atoms with Crippen molar-refractivity contribution in [2.24, 2.45) is 0 Å². The van der Waals surface area contributed by atoms with Gasteiger partial charge in [0, 0.05) is 0 Å². The van der Waals surface area contributed by atoms with E-state index in [9.17, 15) is 9.18 Å². The molecule has 0 saturated carbocycles. The van der Waals surface area contributed by atoms with E-state index in [0.717, 1.165) is 4.68 Å². The average molecular weight is 387 g/mol. The predicted octanol–water partition coefficient (Wildman–Crippen LogP) is 2.83. The third-order valence-electron chi connectivity index (χ3n) is 2.45. The highest BCUT2D eigenvalue weighted by Gasteiger charge is 2.10. The standard InChI is InChI=1S/C12H6Br2FN3O/c13-10-5-17-18(12(19)11(10)14)6-8-3-9(15)2-1-7(8)4-16/h1-3,5H,6H2. The lowest BCUT2D eigenvalue weighted by Crippen LogP contribution is -2.24. The molecule has 0 aliphatic heterocycles. The molecule has 0 bridgehead atoms. The zero-order valence-electron chi connectivity index (χ0n) is 9.40. The Balaban J connectivity index is 2.48. The van der Waals surface area contributed by atoms with Gasteiger partial charge in [0.2, 0.25) is 0 Å². The zero-order chi connectivity index (χ0) is 14.0. The fourth-order valence-electron chi connectivity index (χ4n) is 1.52. The lowest BCUT2D eigenvalue weighted by molar-refractivity contribution is 0.607. The van der Waals surface area contributed by atoms with E-state index >= 15 is 0 Å². The van der Waals surface area contributed by atoms with Gasteiger partial charge in [-0.1, -0.05) is 0 Å². The van der Waals surface area contributed by atoms with Gasteiger partial charge in [0.25, 0.3) is 5.56 Å². The van der Waals surface area contributed by atoms with Crippen LogP contribution in [0.3, 0.4) is 0 Å². The number of nitriles is 1. The molecule has 0 amide bonds. The van der Waals surface area contributed by atoms with Crippen molar-refractivity contribution in [2.45, 2.75) is 6.54 Å². The Morgan fingerprint density at radius 2 is 2.16 bits per heavy atom. The van der Waals surface area contributed by atoms with Crippen LogP contribution in [0.1, 0.15) is 11.1 Å². The van der Waals surface area contributed by atoms with E-state index in [1.54, 1.807) is 0 Å². The van der Waals surface area contributed by atoms with Gasteiger partial charge in [0.1, 0.15) is 10.3 Å². The van der Waals surface area contributed by atoms with Crippen molar-refractivity contribution < 1.29 is 4.39 Å². The Bertz CT molecular complexity index is 737. The highest BCUT2D eigenvalue weighted by molar-refractivity contribution is 9.13. The predicted molar refractivity (Wildman–Crippen MR) is 74.1 cm³/mol. The summed E-state index contributed by atoms with van der Waals surface area (Å²) in [5.41, 5.74) is 0.364. The van der Waals surface area contributed by atoms with Crippen LogP contribution in [0.4, 0.5) is 4.39 Å². The molecule has 96 valence electrons. The zero-order valence-corrected chi connectivity index (χ0v) is 12.6. The number of nitrogens with zero attached hydrogens (tertiary/aromatic N) is 3. The molecule has 1 aromatic carbocycles.